The lowest BCUT2D eigenvalue weighted by molar-refractivity contribution is 0.313. The van der Waals surface area contributed by atoms with Crippen molar-refractivity contribution in [3.05, 3.63) is 52.4 Å². The fourth-order valence-corrected chi connectivity index (χ4v) is 3.20. The van der Waals surface area contributed by atoms with Crippen LogP contribution in [-0.4, -0.2) is 53.1 Å². The third-order valence-corrected chi connectivity index (χ3v) is 4.77. The van der Waals surface area contributed by atoms with Crippen molar-refractivity contribution in [1.82, 2.24) is 19.9 Å². The number of pyridine rings is 1. The summed E-state index contributed by atoms with van der Waals surface area (Å²) < 4.78 is 0. The van der Waals surface area contributed by atoms with Gasteiger partial charge < -0.3 is 20.1 Å². The van der Waals surface area contributed by atoms with Gasteiger partial charge in [0, 0.05) is 49.0 Å². The minimum Gasteiger partial charge on any atom is -0.369 e. The number of piperazine rings is 1. The largest absolute Gasteiger partial charge is 0.369 e. The first-order valence-corrected chi connectivity index (χ1v) is 8.77. The molecule has 0 spiro atoms. The molecule has 0 atom stereocenters. The zero-order valence-electron chi connectivity index (χ0n) is 15.0. The molecule has 0 unspecified atom stereocenters. The van der Waals surface area contributed by atoms with Crippen molar-refractivity contribution in [2.45, 2.75) is 6.92 Å². The molecule has 3 heterocycles. The molecule has 1 saturated heterocycles. The van der Waals surface area contributed by atoms with Gasteiger partial charge in [0.1, 0.15) is 5.65 Å². The first kappa shape index (κ1) is 16.5. The normalized spacial score (nSPS) is 15.4. The second kappa shape index (κ2) is 6.76. The number of H-pyrrole nitrogens is 1. The first-order valence-electron chi connectivity index (χ1n) is 8.77. The number of nitrogens with one attached hydrogen (secondary N) is 2. The number of hydrogen-bond acceptors (Lipinski definition) is 6. The number of benzene rings is 1. The Labute approximate surface area is 151 Å². The van der Waals surface area contributed by atoms with Gasteiger partial charge in [0.25, 0.3) is 0 Å². The Balaban J connectivity index is 1.54. The van der Waals surface area contributed by atoms with E-state index in [2.05, 4.69) is 49.2 Å². The summed E-state index contributed by atoms with van der Waals surface area (Å²) in [6.07, 6.45) is 0. The van der Waals surface area contributed by atoms with Gasteiger partial charge in [-0.3, -0.25) is 4.79 Å². The molecule has 1 aliphatic heterocycles. The Morgan fingerprint density at radius 2 is 1.73 bits per heavy atom. The summed E-state index contributed by atoms with van der Waals surface area (Å²) in [6.45, 7) is 6.17. The quantitative estimate of drug-likeness (QED) is 0.753. The highest BCUT2D eigenvalue weighted by Crippen LogP contribution is 2.22. The molecule has 7 nitrogen and oxygen atoms in total. The number of nitrogens with zero attached hydrogens (tertiary/aromatic N) is 4. The molecule has 3 aromatic rings. The highest BCUT2D eigenvalue weighted by Gasteiger charge is 2.14. The number of rotatable bonds is 3. The predicted molar refractivity (Wildman–Crippen MR) is 104 cm³/mol. The minimum atomic E-state index is -0.168. The molecule has 0 aliphatic carbocycles. The molecule has 26 heavy (non-hydrogen) atoms. The maximum absolute atomic E-state index is 11.5. The number of likely N-dealkylation sites (N-methyl/N-ethyl adjacent to an activating group) is 1. The molecule has 0 amide bonds. The lowest BCUT2D eigenvalue weighted by atomic mass is 10.2. The van der Waals surface area contributed by atoms with Crippen LogP contribution in [-0.2, 0) is 0 Å². The summed E-state index contributed by atoms with van der Waals surface area (Å²) in [4.78, 5) is 27.9. The molecular weight excluding hydrogens is 328 g/mol. The molecule has 1 aromatic carbocycles. The lowest BCUT2D eigenvalue weighted by Crippen LogP contribution is -2.44. The van der Waals surface area contributed by atoms with E-state index in [0.717, 1.165) is 42.9 Å². The van der Waals surface area contributed by atoms with Crippen LogP contribution in [0, 0.1) is 6.92 Å². The fraction of sp³-hybridized carbons (Fsp3) is 0.316. The van der Waals surface area contributed by atoms with Crippen molar-refractivity contribution in [3.63, 3.8) is 0 Å². The van der Waals surface area contributed by atoms with E-state index < -0.39 is 0 Å². The molecule has 2 N–H and O–H groups in total. The van der Waals surface area contributed by atoms with Gasteiger partial charge in [-0.1, -0.05) is 0 Å². The van der Waals surface area contributed by atoms with E-state index in [1.54, 1.807) is 6.07 Å². The maximum atomic E-state index is 11.5. The third kappa shape index (κ3) is 3.39. The number of aromatic nitrogens is 3. The van der Waals surface area contributed by atoms with Gasteiger partial charge in [0.15, 0.2) is 0 Å². The highest BCUT2D eigenvalue weighted by atomic mass is 16.1. The smallest absolute Gasteiger partial charge is 0.249 e. The van der Waals surface area contributed by atoms with Crippen LogP contribution in [0.15, 0.2) is 41.2 Å². The third-order valence-electron chi connectivity index (χ3n) is 4.77. The van der Waals surface area contributed by atoms with E-state index in [9.17, 15) is 4.79 Å². The minimum absolute atomic E-state index is 0.168. The average molecular weight is 350 g/mol. The van der Waals surface area contributed by atoms with E-state index in [1.807, 2.05) is 19.1 Å². The van der Waals surface area contributed by atoms with E-state index in [0.29, 0.717) is 11.6 Å². The van der Waals surface area contributed by atoms with Crippen molar-refractivity contribution in [2.75, 3.05) is 43.4 Å². The summed E-state index contributed by atoms with van der Waals surface area (Å²) in [6, 6.07) is 11.5. The zero-order valence-corrected chi connectivity index (χ0v) is 15.0. The number of anilines is 3. The lowest BCUT2D eigenvalue weighted by Gasteiger charge is -2.34. The second-order valence-corrected chi connectivity index (χ2v) is 6.68. The van der Waals surface area contributed by atoms with Gasteiger partial charge in [-0.25, -0.2) is 4.98 Å². The zero-order chi connectivity index (χ0) is 18.1. The van der Waals surface area contributed by atoms with Crippen LogP contribution in [0.2, 0.25) is 0 Å². The fourth-order valence-electron chi connectivity index (χ4n) is 3.20. The Bertz CT molecular complexity index is 973. The van der Waals surface area contributed by atoms with Gasteiger partial charge in [0.05, 0.1) is 5.69 Å². The molecule has 4 rings (SSSR count). The summed E-state index contributed by atoms with van der Waals surface area (Å²) in [5.41, 5.74) is 3.34. The maximum Gasteiger partial charge on any atom is 0.249 e. The summed E-state index contributed by atoms with van der Waals surface area (Å²) in [5, 5.41) is 4.07. The Kier molecular flexibility index (Phi) is 4.30. The van der Waals surface area contributed by atoms with E-state index in [4.69, 9.17) is 0 Å². The molecule has 1 aliphatic rings. The van der Waals surface area contributed by atoms with Crippen LogP contribution in [0.5, 0.6) is 0 Å². The Morgan fingerprint density at radius 1 is 1.00 bits per heavy atom. The van der Waals surface area contributed by atoms with E-state index in [1.165, 1.54) is 11.8 Å². The number of aryl methyl sites for hydroxylation is 1. The molecule has 134 valence electrons. The predicted octanol–water partition coefficient (Wildman–Crippen LogP) is 2.12. The van der Waals surface area contributed by atoms with Gasteiger partial charge in [-0.05, 0) is 44.3 Å². The van der Waals surface area contributed by atoms with Gasteiger partial charge in [0.2, 0.25) is 11.5 Å². The average Bonchev–Trinajstić information content (AvgIpc) is 2.63. The molecule has 0 radical (unpaired) electrons. The van der Waals surface area contributed by atoms with Crippen LogP contribution >= 0.6 is 0 Å². The van der Waals surface area contributed by atoms with E-state index >= 15 is 0 Å². The summed E-state index contributed by atoms with van der Waals surface area (Å²) in [7, 11) is 2.16. The Hall–Kier alpha value is -2.93. The topological polar surface area (TPSA) is 77.2 Å². The highest BCUT2D eigenvalue weighted by molar-refractivity contribution is 5.78. The van der Waals surface area contributed by atoms with Crippen molar-refractivity contribution in [1.29, 1.82) is 0 Å². The van der Waals surface area contributed by atoms with Gasteiger partial charge in [-0.2, -0.15) is 4.98 Å². The number of aromatic amines is 1. The monoisotopic (exact) mass is 350 g/mol. The van der Waals surface area contributed by atoms with Crippen LogP contribution < -0.4 is 15.8 Å². The van der Waals surface area contributed by atoms with Gasteiger partial charge >= 0.3 is 0 Å². The van der Waals surface area contributed by atoms with Crippen LogP contribution in [0.4, 0.5) is 17.3 Å². The number of fused-ring (bicyclic) bond motifs is 1. The van der Waals surface area contributed by atoms with Crippen molar-refractivity contribution < 1.29 is 0 Å². The van der Waals surface area contributed by atoms with Crippen LogP contribution in [0.3, 0.4) is 0 Å². The molecule has 2 aromatic heterocycles. The standard InChI is InChI=1S/C19H22N6O/c1-13-16-7-8-17(26)22-18(16)23-19(20-13)21-14-3-5-15(6-4-14)25-11-9-24(2)10-12-25/h3-8H,9-12H2,1-2H3,(H2,20,21,22,23,26). The second-order valence-electron chi connectivity index (χ2n) is 6.68. The van der Waals surface area contributed by atoms with Crippen LogP contribution in [0.1, 0.15) is 5.69 Å². The Morgan fingerprint density at radius 3 is 2.46 bits per heavy atom. The van der Waals surface area contributed by atoms with Crippen molar-refractivity contribution >= 4 is 28.4 Å². The first-order chi connectivity index (χ1) is 12.6. The number of hydrogen-bond donors (Lipinski definition) is 2. The van der Waals surface area contributed by atoms with Crippen molar-refractivity contribution in [2.24, 2.45) is 0 Å². The van der Waals surface area contributed by atoms with E-state index in [-0.39, 0.29) is 5.56 Å². The van der Waals surface area contributed by atoms with Crippen LogP contribution in [0.25, 0.3) is 11.0 Å². The summed E-state index contributed by atoms with van der Waals surface area (Å²) >= 11 is 0. The SMILES string of the molecule is Cc1nc(Nc2ccc(N3CCN(C)CC3)cc2)nc2[nH]c(=O)ccc12. The van der Waals surface area contributed by atoms with Gasteiger partial charge in [-0.15, -0.1) is 0 Å². The molecule has 1 fully saturated rings. The molecule has 0 saturated carbocycles. The molecule has 7 heteroatoms. The molecular formula is C19H22N6O. The molecule has 0 bridgehead atoms. The van der Waals surface area contributed by atoms with Crippen molar-refractivity contribution in [3.8, 4) is 0 Å². The summed E-state index contributed by atoms with van der Waals surface area (Å²) in [5.74, 6) is 0.476.